The van der Waals surface area contributed by atoms with Crippen LogP contribution >= 0.6 is 24.0 Å². The summed E-state index contributed by atoms with van der Waals surface area (Å²) in [5.41, 5.74) is 0.967. The van der Waals surface area contributed by atoms with Gasteiger partial charge in [0.1, 0.15) is 11.6 Å². The van der Waals surface area contributed by atoms with Crippen LogP contribution in [0.4, 0.5) is 4.39 Å². The maximum atomic E-state index is 13.0. The molecule has 0 saturated carbocycles. The van der Waals surface area contributed by atoms with Gasteiger partial charge < -0.3 is 24.8 Å². The Kier molecular flexibility index (Phi) is 13.0. The van der Waals surface area contributed by atoms with Crippen molar-refractivity contribution in [1.82, 2.24) is 15.6 Å². The molecular formula is C24H34FIN4O3. The normalized spacial score (nSPS) is 14.4. The van der Waals surface area contributed by atoms with E-state index in [1.807, 2.05) is 19.1 Å². The first-order chi connectivity index (χ1) is 15.7. The van der Waals surface area contributed by atoms with E-state index in [0.717, 1.165) is 70.3 Å². The Hall–Kier alpha value is -1.98. The van der Waals surface area contributed by atoms with Gasteiger partial charge in [0.2, 0.25) is 5.88 Å². The van der Waals surface area contributed by atoms with E-state index in [2.05, 4.69) is 20.6 Å². The maximum Gasteiger partial charge on any atom is 0.219 e. The molecule has 0 radical (unpaired) electrons. The molecule has 1 aromatic carbocycles. The van der Waals surface area contributed by atoms with Crippen LogP contribution in [0.5, 0.6) is 11.6 Å². The third-order valence-electron chi connectivity index (χ3n) is 5.05. The lowest BCUT2D eigenvalue weighted by Gasteiger charge is -2.21. The number of aromatic nitrogens is 1. The van der Waals surface area contributed by atoms with Crippen molar-refractivity contribution < 1.29 is 18.6 Å². The second-order valence-corrected chi connectivity index (χ2v) is 7.66. The highest BCUT2D eigenvalue weighted by Gasteiger charge is 2.13. The summed E-state index contributed by atoms with van der Waals surface area (Å²) in [6.07, 6.45) is 4.79. The number of aliphatic imine (C=N–C) groups is 1. The average Bonchev–Trinajstić information content (AvgIpc) is 2.82. The minimum atomic E-state index is -0.303. The van der Waals surface area contributed by atoms with E-state index in [-0.39, 0.29) is 29.8 Å². The first-order valence-electron chi connectivity index (χ1n) is 11.3. The van der Waals surface area contributed by atoms with Crippen LogP contribution in [0.1, 0.15) is 31.7 Å². The van der Waals surface area contributed by atoms with Crippen molar-refractivity contribution in [1.29, 1.82) is 0 Å². The number of guanidine groups is 1. The molecule has 2 N–H and O–H groups in total. The largest absolute Gasteiger partial charge is 0.439 e. The molecule has 1 saturated heterocycles. The van der Waals surface area contributed by atoms with E-state index in [1.165, 1.54) is 12.1 Å². The lowest BCUT2D eigenvalue weighted by atomic mass is 10.0. The molecule has 0 aliphatic carbocycles. The predicted molar refractivity (Wildman–Crippen MR) is 138 cm³/mol. The maximum absolute atomic E-state index is 13.0. The molecule has 0 atom stereocenters. The Morgan fingerprint density at radius 1 is 1.18 bits per heavy atom. The van der Waals surface area contributed by atoms with E-state index >= 15 is 0 Å². The molecule has 182 valence electrons. The van der Waals surface area contributed by atoms with Gasteiger partial charge in [0, 0.05) is 51.8 Å². The number of nitrogens with one attached hydrogen (secondary N) is 2. The van der Waals surface area contributed by atoms with E-state index in [1.54, 1.807) is 18.3 Å². The van der Waals surface area contributed by atoms with Gasteiger partial charge in [-0.3, -0.25) is 0 Å². The second-order valence-electron chi connectivity index (χ2n) is 7.66. The summed E-state index contributed by atoms with van der Waals surface area (Å²) in [6, 6.07) is 9.58. The molecule has 1 aliphatic heterocycles. The fourth-order valence-corrected chi connectivity index (χ4v) is 3.28. The van der Waals surface area contributed by atoms with Gasteiger partial charge in [0.05, 0.1) is 6.54 Å². The van der Waals surface area contributed by atoms with Crippen molar-refractivity contribution in [2.75, 3.05) is 39.5 Å². The molecule has 33 heavy (non-hydrogen) atoms. The smallest absolute Gasteiger partial charge is 0.219 e. The third-order valence-corrected chi connectivity index (χ3v) is 5.05. The van der Waals surface area contributed by atoms with Crippen molar-refractivity contribution in [3.05, 3.63) is 54.0 Å². The van der Waals surface area contributed by atoms with Crippen molar-refractivity contribution in [2.24, 2.45) is 10.9 Å². The summed E-state index contributed by atoms with van der Waals surface area (Å²) in [4.78, 5) is 8.86. The summed E-state index contributed by atoms with van der Waals surface area (Å²) < 4.78 is 29.9. The summed E-state index contributed by atoms with van der Waals surface area (Å²) in [6.45, 7) is 7.36. The van der Waals surface area contributed by atoms with Crippen molar-refractivity contribution in [3.63, 3.8) is 0 Å². The summed E-state index contributed by atoms with van der Waals surface area (Å²) in [5, 5.41) is 6.60. The summed E-state index contributed by atoms with van der Waals surface area (Å²) >= 11 is 0. The number of pyridine rings is 1. The molecule has 0 bridgehead atoms. The van der Waals surface area contributed by atoms with E-state index < -0.39 is 0 Å². The van der Waals surface area contributed by atoms with Gasteiger partial charge in [-0.2, -0.15) is 0 Å². The second kappa shape index (κ2) is 15.8. The van der Waals surface area contributed by atoms with Gasteiger partial charge in [-0.15, -0.1) is 24.0 Å². The minimum Gasteiger partial charge on any atom is -0.439 e. The predicted octanol–water partition coefficient (Wildman–Crippen LogP) is 4.52. The van der Waals surface area contributed by atoms with Crippen LogP contribution in [0.3, 0.4) is 0 Å². The number of hydrogen-bond acceptors (Lipinski definition) is 5. The zero-order valence-corrected chi connectivity index (χ0v) is 21.4. The Balaban J connectivity index is 0.00000385. The van der Waals surface area contributed by atoms with Gasteiger partial charge in [-0.25, -0.2) is 14.4 Å². The fraction of sp³-hybridized carbons (Fsp3) is 0.500. The van der Waals surface area contributed by atoms with Gasteiger partial charge in [-0.1, -0.05) is 0 Å². The van der Waals surface area contributed by atoms with Crippen LogP contribution in [-0.2, 0) is 16.0 Å². The van der Waals surface area contributed by atoms with Gasteiger partial charge in [0.25, 0.3) is 0 Å². The SMILES string of the molecule is CCNC(=NCc1ccnc(Oc2ccc(F)cc2)c1)NCCCOCC1CCOCC1.I. The van der Waals surface area contributed by atoms with Crippen LogP contribution < -0.4 is 15.4 Å². The highest BCUT2D eigenvalue weighted by atomic mass is 127. The highest BCUT2D eigenvalue weighted by molar-refractivity contribution is 14.0. The number of ether oxygens (including phenoxy) is 3. The van der Waals surface area contributed by atoms with E-state index in [4.69, 9.17) is 14.2 Å². The molecule has 0 amide bonds. The lowest BCUT2D eigenvalue weighted by Crippen LogP contribution is -2.38. The average molecular weight is 572 g/mol. The third kappa shape index (κ3) is 10.7. The van der Waals surface area contributed by atoms with Crippen molar-refractivity contribution >= 4 is 29.9 Å². The van der Waals surface area contributed by atoms with Crippen molar-refractivity contribution in [2.45, 2.75) is 32.7 Å². The monoisotopic (exact) mass is 572 g/mol. The zero-order chi connectivity index (χ0) is 22.4. The molecule has 2 heterocycles. The van der Waals surface area contributed by atoms with Crippen LogP contribution in [0.2, 0.25) is 0 Å². The van der Waals surface area contributed by atoms with E-state index in [9.17, 15) is 4.39 Å². The standard InChI is InChI=1S/C24H33FN4O3.HI/c1-2-26-24(28-11-3-13-31-18-19-9-14-30-15-10-19)29-17-20-8-12-27-23(16-20)32-22-6-4-21(25)5-7-22;/h4-8,12,16,19H,2-3,9-11,13-15,17-18H2,1H3,(H2,26,28,29);1H. The van der Waals surface area contributed by atoms with Gasteiger partial charge >= 0.3 is 0 Å². The molecule has 7 nitrogen and oxygen atoms in total. The van der Waals surface area contributed by atoms with Gasteiger partial charge in [0.15, 0.2) is 5.96 Å². The molecule has 0 unspecified atom stereocenters. The molecule has 1 fully saturated rings. The first-order valence-corrected chi connectivity index (χ1v) is 11.3. The molecule has 3 rings (SSSR count). The summed E-state index contributed by atoms with van der Waals surface area (Å²) in [5.74, 6) is 2.07. The number of rotatable bonds is 11. The van der Waals surface area contributed by atoms with Crippen LogP contribution in [0.15, 0.2) is 47.6 Å². The Morgan fingerprint density at radius 2 is 1.97 bits per heavy atom. The first kappa shape index (κ1) is 27.3. The van der Waals surface area contributed by atoms with Crippen LogP contribution in [0, 0.1) is 11.7 Å². The lowest BCUT2D eigenvalue weighted by molar-refractivity contribution is 0.0203. The fourth-order valence-electron chi connectivity index (χ4n) is 3.28. The molecule has 2 aromatic rings. The zero-order valence-electron chi connectivity index (χ0n) is 19.1. The van der Waals surface area contributed by atoms with Crippen LogP contribution in [0.25, 0.3) is 0 Å². The molecule has 1 aromatic heterocycles. The Bertz CT molecular complexity index is 833. The highest BCUT2D eigenvalue weighted by Crippen LogP contribution is 2.20. The van der Waals surface area contributed by atoms with E-state index in [0.29, 0.717) is 24.1 Å². The number of nitrogens with zero attached hydrogens (tertiary/aromatic N) is 2. The number of halogens is 2. The number of benzene rings is 1. The van der Waals surface area contributed by atoms with Crippen LogP contribution in [-0.4, -0.2) is 50.5 Å². The molecular weight excluding hydrogens is 538 g/mol. The molecule has 0 spiro atoms. The quantitative estimate of drug-likeness (QED) is 0.179. The molecule has 9 heteroatoms. The molecule has 1 aliphatic rings. The summed E-state index contributed by atoms with van der Waals surface area (Å²) in [7, 11) is 0. The minimum absolute atomic E-state index is 0. The Labute approximate surface area is 212 Å². The number of hydrogen-bond donors (Lipinski definition) is 2. The topological polar surface area (TPSA) is 77.0 Å². The van der Waals surface area contributed by atoms with Gasteiger partial charge in [-0.05, 0) is 68.0 Å². The van der Waals surface area contributed by atoms with Crippen molar-refractivity contribution in [3.8, 4) is 11.6 Å². The Morgan fingerprint density at radius 3 is 2.73 bits per heavy atom.